The quantitative estimate of drug-likeness (QED) is 0.639. The molecule has 3 heterocycles. The lowest BCUT2D eigenvalue weighted by molar-refractivity contribution is 0.392. The second-order valence-corrected chi connectivity index (χ2v) is 5.19. The molecule has 112 valence electrons. The fourth-order valence-corrected chi connectivity index (χ4v) is 2.59. The molecule has 1 saturated heterocycles. The van der Waals surface area contributed by atoms with E-state index in [1.165, 1.54) is 19.3 Å². The van der Waals surface area contributed by atoms with Gasteiger partial charge in [-0.3, -0.25) is 5.43 Å². The van der Waals surface area contributed by atoms with Crippen molar-refractivity contribution in [3.05, 3.63) is 18.5 Å². The SMILES string of the molecule is CCC1CCN(c2nc(NN)nc(-n3cccn3)n2)CC1. The number of piperidine rings is 1. The lowest BCUT2D eigenvalue weighted by Gasteiger charge is -2.31. The summed E-state index contributed by atoms with van der Waals surface area (Å²) in [6.07, 6.45) is 7.06. The lowest BCUT2D eigenvalue weighted by atomic mass is 9.95. The summed E-state index contributed by atoms with van der Waals surface area (Å²) in [5.74, 6) is 7.74. The van der Waals surface area contributed by atoms with E-state index in [-0.39, 0.29) is 0 Å². The minimum atomic E-state index is 0.350. The number of rotatable bonds is 4. The number of nitrogens with zero attached hydrogens (tertiary/aromatic N) is 6. The summed E-state index contributed by atoms with van der Waals surface area (Å²) in [5.41, 5.74) is 2.50. The molecular formula is C13H20N8. The van der Waals surface area contributed by atoms with Gasteiger partial charge in [0, 0.05) is 25.5 Å². The normalized spacial score (nSPS) is 16.2. The first-order valence-electron chi connectivity index (χ1n) is 7.27. The highest BCUT2D eigenvalue weighted by atomic mass is 15.4. The molecule has 1 aliphatic heterocycles. The van der Waals surface area contributed by atoms with Gasteiger partial charge < -0.3 is 4.90 Å². The van der Waals surface area contributed by atoms with E-state index in [0.717, 1.165) is 19.0 Å². The number of anilines is 2. The minimum absolute atomic E-state index is 0.350. The van der Waals surface area contributed by atoms with Crippen LogP contribution in [0.1, 0.15) is 26.2 Å². The van der Waals surface area contributed by atoms with Crippen LogP contribution in [0.25, 0.3) is 5.95 Å². The maximum atomic E-state index is 5.46. The minimum Gasteiger partial charge on any atom is -0.341 e. The summed E-state index contributed by atoms with van der Waals surface area (Å²) in [7, 11) is 0. The van der Waals surface area contributed by atoms with Crippen molar-refractivity contribution in [2.75, 3.05) is 23.4 Å². The average Bonchev–Trinajstić information content (AvgIpc) is 3.09. The number of nitrogen functional groups attached to an aromatic ring is 1. The van der Waals surface area contributed by atoms with Crippen LogP contribution in [0.4, 0.5) is 11.9 Å². The largest absolute Gasteiger partial charge is 0.341 e. The van der Waals surface area contributed by atoms with Crippen LogP contribution in [0.5, 0.6) is 0 Å². The Morgan fingerprint density at radius 3 is 2.62 bits per heavy atom. The zero-order chi connectivity index (χ0) is 14.7. The van der Waals surface area contributed by atoms with E-state index in [2.05, 4.69) is 37.3 Å². The molecule has 0 saturated carbocycles. The standard InChI is InChI=1S/C13H20N8/c1-2-10-4-8-20(9-5-10)12-16-11(19-14)17-13(18-12)21-7-3-6-15-21/h3,6-7,10H,2,4-5,8-9,14H2,1H3,(H,16,17,18,19). The van der Waals surface area contributed by atoms with Gasteiger partial charge in [-0.25, -0.2) is 10.5 Å². The summed E-state index contributed by atoms with van der Waals surface area (Å²) >= 11 is 0. The van der Waals surface area contributed by atoms with Gasteiger partial charge in [0.05, 0.1) is 0 Å². The fraction of sp³-hybridized carbons (Fsp3) is 0.538. The summed E-state index contributed by atoms with van der Waals surface area (Å²) in [5, 5.41) is 4.15. The molecule has 8 nitrogen and oxygen atoms in total. The van der Waals surface area contributed by atoms with E-state index < -0.39 is 0 Å². The van der Waals surface area contributed by atoms with Crippen LogP contribution < -0.4 is 16.2 Å². The van der Waals surface area contributed by atoms with Gasteiger partial charge in [-0.2, -0.15) is 20.1 Å². The van der Waals surface area contributed by atoms with Crippen molar-refractivity contribution in [1.82, 2.24) is 24.7 Å². The summed E-state index contributed by atoms with van der Waals surface area (Å²) < 4.78 is 1.60. The highest BCUT2D eigenvalue weighted by Crippen LogP contribution is 2.23. The Kier molecular flexibility index (Phi) is 3.96. The van der Waals surface area contributed by atoms with Gasteiger partial charge in [-0.05, 0) is 24.8 Å². The van der Waals surface area contributed by atoms with E-state index >= 15 is 0 Å². The molecule has 0 unspecified atom stereocenters. The molecule has 1 fully saturated rings. The molecule has 3 rings (SSSR count). The molecule has 1 aliphatic rings. The Morgan fingerprint density at radius 1 is 1.24 bits per heavy atom. The molecule has 0 radical (unpaired) electrons. The van der Waals surface area contributed by atoms with Crippen molar-refractivity contribution >= 4 is 11.9 Å². The predicted octanol–water partition coefficient (Wildman–Crippen LogP) is 0.969. The van der Waals surface area contributed by atoms with E-state index in [4.69, 9.17) is 5.84 Å². The average molecular weight is 288 g/mol. The molecule has 21 heavy (non-hydrogen) atoms. The second-order valence-electron chi connectivity index (χ2n) is 5.19. The van der Waals surface area contributed by atoms with Crippen molar-refractivity contribution in [1.29, 1.82) is 0 Å². The molecule has 8 heteroatoms. The number of hydrogen-bond donors (Lipinski definition) is 2. The molecule has 0 amide bonds. The van der Waals surface area contributed by atoms with E-state index in [1.807, 2.05) is 6.07 Å². The van der Waals surface area contributed by atoms with Crippen molar-refractivity contribution in [3.63, 3.8) is 0 Å². The van der Waals surface area contributed by atoms with Crippen LogP contribution in [0.15, 0.2) is 18.5 Å². The summed E-state index contributed by atoms with van der Waals surface area (Å²) in [4.78, 5) is 15.3. The van der Waals surface area contributed by atoms with E-state index in [0.29, 0.717) is 17.8 Å². The van der Waals surface area contributed by atoms with Crippen LogP contribution in [0.3, 0.4) is 0 Å². The van der Waals surface area contributed by atoms with Crippen LogP contribution >= 0.6 is 0 Å². The zero-order valence-corrected chi connectivity index (χ0v) is 12.1. The Bertz CT molecular complexity index is 574. The van der Waals surface area contributed by atoms with E-state index in [9.17, 15) is 0 Å². The number of nitrogens with one attached hydrogen (secondary N) is 1. The van der Waals surface area contributed by atoms with Gasteiger partial charge in [0.1, 0.15) is 0 Å². The maximum absolute atomic E-state index is 5.46. The number of hydrogen-bond acceptors (Lipinski definition) is 7. The van der Waals surface area contributed by atoms with Gasteiger partial charge in [0.15, 0.2) is 0 Å². The third kappa shape index (κ3) is 2.94. The van der Waals surface area contributed by atoms with Gasteiger partial charge in [-0.15, -0.1) is 0 Å². The third-order valence-corrected chi connectivity index (χ3v) is 3.92. The van der Waals surface area contributed by atoms with Crippen LogP contribution in [-0.2, 0) is 0 Å². The predicted molar refractivity (Wildman–Crippen MR) is 80.0 cm³/mol. The molecule has 0 atom stereocenters. The maximum Gasteiger partial charge on any atom is 0.257 e. The molecule has 2 aromatic heterocycles. The molecule has 0 bridgehead atoms. The Hall–Kier alpha value is -2.22. The molecule has 0 aromatic carbocycles. The smallest absolute Gasteiger partial charge is 0.257 e. The number of aromatic nitrogens is 5. The van der Waals surface area contributed by atoms with Crippen LogP contribution in [0, 0.1) is 5.92 Å². The van der Waals surface area contributed by atoms with Gasteiger partial charge in [0.2, 0.25) is 11.9 Å². The Morgan fingerprint density at radius 2 is 2.00 bits per heavy atom. The Labute approximate surface area is 123 Å². The van der Waals surface area contributed by atoms with Crippen molar-refractivity contribution < 1.29 is 0 Å². The first-order valence-corrected chi connectivity index (χ1v) is 7.27. The van der Waals surface area contributed by atoms with E-state index in [1.54, 1.807) is 17.1 Å². The van der Waals surface area contributed by atoms with Gasteiger partial charge in [0.25, 0.3) is 5.95 Å². The number of nitrogens with two attached hydrogens (primary N) is 1. The number of hydrazine groups is 1. The van der Waals surface area contributed by atoms with Crippen molar-refractivity contribution in [2.24, 2.45) is 11.8 Å². The first kappa shape index (κ1) is 13.7. The van der Waals surface area contributed by atoms with Crippen LogP contribution in [-0.4, -0.2) is 37.8 Å². The Balaban J connectivity index is 1.86. The highest BCUT2D eigenvalue weighted by molar-refractivity contribution is 5.39. The molecule has 3 N–H and O–H groups in total. The molecule has 2 aromatic rings. The highest BCUT2D eigenvalue weighted by Gasteiger charge is 2.21. The summed E-state index contributed by atoms with van der Waals surface area (Å²) in [6.45, 7) is 4.17. The van der Waals surface area contributed by atoms with Crippen molar-refractivity contribution in [2.45, 2.75) is 26.2 Å². The second kappa shape index (κ2) is 6.04. The molecule has 0 aliphatic carbocycles. The first-order chi connectivity index (χ1) is 10.3. The molecule has 0 spiro atoms. The fourth-order valence-electron chi connectivity index (χ4n) is 2.59. The topological polar surface area (TPSA) is 97.8 Å². The third-order valence-electron chi connectivity index (χ3n) is 3.92. The lowest BCUT2D eigenvalue weighted by Crippen LogP contribution is -2.35. The monoisotopic (exact) mass is 288 g/mol. The van der Waals surface area contributed by atoms with Gasteiger partial charge in [-0.1, -0.05) is 13.3 Å². The molecular weight excluding hydrogens is 268 g/mol. The summed E-state index contributed by atoms with van der Waals surface area (Å²) in [6, 6.07) is 1.83. The zero-order valence-electron chi connectivity index (χ0n) is 12.1. The van der Waals surface area contributed by atoms with Gasteiger partial charge >= 0.3 is 0 Å². The van der Waals surface area contributed by atoms with Crippen molar-refractivity contribution in [3.8, 4) is 5.95 Å². The van der Waals surface area contributed by atoms with Crippen LogP contribution in [0.2, 0.25) is 0 Å².